The van der Waals surface area contributed by atoms with E-state index in [1.54, 1.807) is 19.3 Å². The minimum Gasteiger partial charge on any atom is -0.501 e. The maximum atomic E-state index is 15.1. The van der Waals surface area contributed by atoms with Crippen LogP contribution in [0.2, 0.25) is 0 Å². The van der Waals surface area contributed by atoms with E-state index in [1.165, 1.54) is 26.5 Å². The summed E-state index contributed by atoms with van der Waals surface area (Å²) < 4.78 is 39.7. The van der Waals surface area contributed by atoms with Gasteiger partial charge in [0.15, 0.2) is 17.4 Å². The van der Waals surface area contributed by atoms with Crippen LogP contribution in [0.3, 0.4) is 0 Å². The summed E-state index contributed by atoms with van der Waals surface area (Å²) in [6.45, 7) is 6.69. The van der Waals surface area contributed by atoms with Gasteiger partial charge in [-0.05, 0) is 31.2 Å². The number of rotatable bonds is 11. The van der Waals surface area contributed by atoms with Gasteiger partial charge in [-0.2, -0.15) is 0 Å². The second kappa shape index (κ2) is 11.6. The lowest BCUT2D eigenvalue weighted by molar-refractivity contribution is 0.144. The molecule has 182 valence electrons. The molecule has 0 bridgehead atoms. The molecule has 9 heteroatoms. The van der Waals surface area contributed by atoms with Gasteiger partial charge in [0.05, 0.1) is 20.3 Å². The van der Waals surface area contributed by atoms with Crippen LogP contribution in [0.5, 0.6) is 0 Å². The number of aromatic nitrogens is 2. The van der Waals surface area contributed by atoms with Gasteiger partial charge in [-0.15, -0.1) is 0 Å². The van der Waals surface area contributed by atoms with Gasteiger partial charge in [0.25, 0.3) is 0 Å². The fourth-order valence-electron chi connectivity index (χ4n) is 3.83. The Balaban J connectivity index is 1.94. The van der Waals surface area contributed by atoms with Crippen LogP contribution in [0.4, 0.5) is 8.78 Å². The van der Waals surface area contributed by atoms with Gasteiger partial charge in [-0.25, -0.2) is 13.8 Å². The van der Waals surface area contributed by atoms with Crippen molar-refractivity contribution in [3.63, 3.8) is 0 Å². The van der Waals surface area contributed by atoms with Gasteiger partial charge in [0.1, 0.15) is 11.9 Å². The molecule has 1 fully saturated rings. The van der Waals surface area contributed by atoms with Crippen molar-refractivity contribution in [2.24, 2.45) is 0 Å². The quantitative estimate of drug-likeness (QED) is 0.253. The first kappa shape index (κ1) is 25.2. The van der Waals surface area contributed by atoms with E-state index in [-0.39, 0.29) is 17.8 Å². The number of pyridine rings is 1. The molecule has 0 radical (unpaired) electrons. The zero-order valence-corrected chi connectivity index (χ0v) is 19.9. The molecule has 3 rings (SSSR count). The van der Waals surface area contributed by atoms with Crippen LogP contribution < -0.4 is 5.32 Å². The summed E-state index contributed by atoms with van der Waals surface area (Å²) in [4.78, 5) is 9.81. The monoisotopic (exact) mass is 471 g/mol. The number of likely N-dealkylation sites (tertiary alicyclic amines) is 1. The molecule has 3 N–H and O–H groups in total. The summed E-state index contributed by atoms with van der Waals surface area (Å²) >= 11 is 0. The van der Waals surface area contributed by atoms with E-state index in [0.717, 1.165) is 31.5 Å². The molecule has 0 unspecified atom stereocenters. The van der Waals surface area contributed by atoms with Crippen molar-refractivity contribution in [3.8, 4) is 0 Å². The minimum absolute atomic E-state index is 0.0554. The first-order chi connectivity index (χ1) is 16.4. The van der Waals surface area contributed by atoms with E-state index in [1.807, 2.05) is 12.3 Å². The summed E-state index contributed by atoms with van der Waals surface area (Å²) in [5, 5.41) is 11.9. The van der Waals surface area contributed by atoms with Crippen LogP contribution in [0.25, 0.3) is 16.6 Å². The molecular weight excluding hydrogens is 440 g/mol. The van der Waals surface area contributed by atoms with E-state index < -0.39 is 11.7 Å². The molecule has 1 saturated heterocycles. The highest BCUT2D eigenvalue weighted by Gasteiger charge is 2.24. The summed E-state index contributed by atoms with van der Waals surface area (Å²) in [5.74, 6) is -1.70. The van der Waals surface area contributed by atoms with E-state index in [2.05, 4.69) is 27.1 Å². The molecule has 0 amide bonds. The van der Waals surface area contributed by atoms with Crippen molar-refractivity contribution in [1.29, 1.82) is 5.41 Å². The molecule has 2 aromatic heterocycles. The average molecular weight is 472 g/mol. The Labute approximate surface area is 198 Å². The first-order valence-electron chi connectivity index (χ1n) is 11.1. The van der Waals surface area contributed by atoms with Crippen molar-refractivity contribution in [1.82, 2.24) is 20.2 Å². The highest BCUT2D eigenvalue weighted by Crippen LogP contribution is 2.30. The number of ether oxygens (including phenoxy) is 2. The Morgan fingerprint density at radius 3 is 2.74 bits per heavy atom. The van der Waals surface area contributed by atoms with Crippen LogP contribution >= 0.6 is 0 Å². The van der Waals surface area contributed by atoms with Crippen molar-refractivity contribution in [2.45, 2.75) is 26.3 Å². The van der Waals surface area contributed by atoms with Crippen LogP contribution in [0.15, 0.2) is 60.0 Å². The topological polar surface area (TPSA) is 86.3 Å². The number of hydrogen-bond donors (Lipinski definition) is 3. The van der Waals surface area contributed by atoms with Gasteiger partial charge in [0, 0.05) is 66.4 Å². The van der Waals surface area contributed by atoms with Crippen molar-refractivity contribution in [3.05, 3.63) is 71.1 Å². The van der Waals surface area contributed by atoms with Crippen LogP contribution in [0.1, 0.15) is 25.0 Å². The van der Waals surface area contributed by atoms with Crippen molar-refractivity contribution >= 4 is 22.8 Å². The summed E-state index contributed by atoms with van der Waals surface area (Å²) in [7, 11) is 2.63. The molecule has 0 aliphatic carbocycles. The zero-order chi connectivity index (χ0) is 24.7. The maximum Gasteiger partial charge on any atom is 0.171 e. The number of nitrogens with one attached hydrogen (secondary N) is 3. The number of hydrogen-bond acceptors (Lipinski definition) is 6. The van der Waals surface area contributed by atoms with E-state index >= 15 is 4.39 Å². The molecular formula is C25H31F2N5O2. The predicted molar refractivity (Wildman–Crippen MR) is 131 cm³/mol. The lowest BCUT2D eigenvalue weighted by Gasteiger charge is -2.38. The van der Waals surface area contributed by atoms with Gasteiger partial charge in [-0.1, -0.05) is 6.92 Å². The third-order valence-corrected chi connectivity index (χ3v) is 5.82. The molecule has 7 nitrogen and oxygen atoms in total. The number of likely N-dealkylation sites (N-methyl/N-ethyl adjacent to an activating group) is 1. The largest absolute Gasteiger partial charge is 0.501 e. The fraction of sp³-hybridized carbons (Fsp3) is 0.360. The van der Waals surface area contributed by atoms with Gasteiger partial charge < -0.3 is 25.2 Å². The molecule has 0 atom stereocenters. The zero-order valence-electron chi connectivity index (χ0n) is 19.9. The standard InChI is InChI=1S/C25H31F2N5O2/c1-5-23(34-4)24(27)21(22(26)15-33-3)8-17-11-31-25-20(17)7-16(10-30-25)18(9-28)12-29-19-13-32(6-2)14-19/h5,7,9-12,15,19,28-29H,6,8,13-14H2,1-4H3,(H,30,31)/b18-12+,22-15-,23-5+,24-21+,28-9?. The Morgan fingerprint density at radius 2 is 2.12 bits per heavy atom. The number of aromatic amines is 1. The molecule has 0 saturated carbocycles. The smallest absolute Gasteiger partial charge is 0.171 e. The van der Waals surface area contributed by atoms with E-state index in [9.17, 15) is 4.39 Å². The number of nitrogens with zero attached hydrogens (tertiary/aromatic N) is 2. The number of halogens is 2. The lowest BCUT2D eigenvalue weighted by Crippen LogP contribution is -2.56. The Morgan fingerprint density at radius 1 is 1.35 bits per heavy atom. The molecule has 0 spiro atoms. The summed E-state index contributed by atoms with van der Waals surface area (Å²) in [5.41, 5.74) is 2.43. The number of methoxy groups -OCH3 is 2. The average Bonchev–Trinajstić information content (AvgIpc) is 3.21. The fourth-order valence-corrected chi connectivity index (χ4v) is 3.83. The van der Waals surface area contributed by atoms with Gasteiger partial charge in [0.2, 0.25) is 0 Å². The number of allylic oxidation sites excluding steroid dienone is 5. The Kier molecular flexibility index (Phi) is 8.59. The first-order valence-corrected chi connectivity index (χ1v) is 11.1. The third-order valence-electron chi connectivity index (χ3n) is 5.82. The highest BCUT2D eigenvalue weighted by molar-refractivity contribution is 6.09. The summed E-state index contributed by atoms with van der Waals surface area (Å²) in [6.07, 6.45) is 8.67. The van der Waals surface area contributed by atoms with Gasteiger partial charge >= 0.3 is 0 Å². The number of H-pyrrole nitrogens is 1. The van der Waals surface area contributed by atoms with Gasteiger partial charge in [-0.3, -0.25) is 4.90 Å². The normalized spacial score (nSPS) is 16.8. The third kappa shape index (κ3) is 5.53. The second-order valence-corrected chi connectivity index (χ2v) is 7.92. The van der Waals surface area contributed by atoms with Crippen LogP contribution in [0, 0.1) is 5.41 Å². The van der Waals surface area contributed by atoms with Crippen LogP contribution in [-0.2, 0) is 15.9 Å². The Bertz CT molecular complexity index is 1140. The van der Waals surface area contributed by atoms with Crippen LogP contribution in [-0.4, -0.2) is 61.0 Å². The number of fused-ring (bicyclic) bond motifs is 1. The molecule has 34 heavy (non-hydrogen) atoms. The molecule has 2 aromatic rings. The maximum absolute atomic E-state index is 15.1. The minimum atomic E-state index is -0.833. The second-order valence-electron chi connectivity index (χ2n) is 7.92. The van der Waals surface area contributed by atoms with E-state index in [4.69, 9.17) is 14.9 Å². The van der Waals surface area contributed by atoms with Crippen molar-refractivity contribution in [2.75, 3.05) is 33.9 Å². The lowest BCUT2D eigenvalue weighted by atomic mass is 10.0. The predicted octanol–water partition coefficient (Wildman–Crippen LogP) is 4.62. The Hall–Kier alpha value is -3.46. The van der Waals surface area contributed by atoms with E-state index in [0.29, 0.717) is 28.2 Å². The molecule has 0 aromatic carbocycles. The summed E-state index contributed by atoms with van der Waals surface area (Å²) in [6, 6.07) is 2.22. The molecule has 1 aliphatic rings. The molecule has 1 aliphatic heterocycles. The SMILES string of the molecule is C\C=C(OC)/C(F)=C(Cc1c[nH]c2ncc(/C(C=N)=C/NC3CN(CC)C3)cc12)\C(F)=C\OC. The highest BCUT2D eigenvalue weighted by atomic mass is 19.1. The van der Waals surface area contributed by atoms with Crippen molar-refractivity contribution < 1.29 is 18.3 Å². The molecule has 3 heterocycles.